The van der Waals surface area contributed by atoms with Gasteiger partial charge in [-0.25, -0.2) is 0 Å². The van der Waals surface area contributed by atoms with Crippen LogP contribution < -0.4 is 9.88 Å². The highest BCUT2D eigenvalue weighted by molar-refractivity contribution is 7.97. The lowest BCUT2D eigenvalue weighted by atomic mass is 9.86. The first kappa shape index (κ1) is 12.7. The molecule has 1 aromatic rings. The van der Waals surface area contributed by atoms with Crippen molar-refractivity contribution in [3.63, 3.8) is 0 Å². The van der Waals surface area contributed by atoms with Gasteiger partial charge in [0.1, 0.15) is 5.75 Å². The van der Waals surface area contributed by atoms with Crippen molar-refractivity contribution in [3.05, 3.63) is 23.8 Å². The molecular weight excluding hydrogens is 234 g/mol. The standard InChI is InChI=1S/C13H19NO2S/c1-12(2,3)13(4)15-8-9-7-10(17-14)5-6-11(9)16-13/h5-7H,8,14H2,1-4H3. The predicted octanol–water partition coefficient (Wildman–Crippen LogP) is 3.32. The van der Waals surface area contributed by atoms with Crippen LogP contribution in [0, 0.1) is 5.41 Å². The van der Waals surface area contributed by atoms with Crippen LogP contribution in [0.15, 0.2) is 23.1 Å². The third-order valence-corrected chi connectivity index (χ3v) is 3.86. The highest BCUT2D eigenvalue weighted by atomic mass is 32.2. The Morgan fingerprint density at radius 3 is 2.65 bits per heavy atom. The number of rotatable bonds is 1. The van der Waals surface area contributed by atoms with E-state index in [1.165, 1.54) is 11.9 Å². The van der Waals surface area contributed by atoms with E-state index < -0.39 is 5.79 Å². The van der Waals surface area contributed by atoms with Crippen LogP contribution in [-0.2, 0) is 11.3 Å². The van der Waals surface area contributed by atoms with Crippen LogP contribution in [-0.4, -0.2) is 5.79 Å². The summed E-state index contributed by atoms with van der Waals surface area (Å²) < 4.78 is 11.9. The lowest BCUT2D eigenvalue weighted by molar-refractivity contribution is -0.249. The van der Waals surface area contributed by atoms with Crippen LogP contribution in [0.2, 0.25) is 0 Å². The summed E-state index contributed by atoms with van der Waals surface area (Å²) in [5.41, 5.74) is 0.980. The molecule has 17 heavy (non-hydrogen) atoms. The van der Waals surface area contributed by atoms with Gasteiger partial charge in [0.15, 0.2) is 0 Å². The minimum atomic E-state index is -0.586. The summed E-state index contributed by atoms with van der Waals surface area (Å²) in [4.78, 5) is 1.02. The maximum atomic E-state index is 6.01. The summed E-state index contributed by atoms with van der Waals surface area (Å²) in [7, 11) is 0. The Morgan fingerprint density at radius 2 is 2.06 bits per heavy atom. The molecule has 1 aliphatic heterocycles. The van der Waals surface area contributed by atoms with Crippen molar-refractivity contribution in [2.45, 2.75) is 45.0 Å². The minimum Gasteiger partial charge on any atom is -0.462 e. The van der Waals surface area contributed by atoms with Gasteiger partial charge in [-0.2, -0.15) is 0 Å². The molecule has 1 aromatic carbocycles. The number of hydrogen-bond acceptors (Lipinski definition) is 4. The summed E-state index contributed by atoms with van der Waals surface area (Å²) in [6.45, 7) is 8.89. The summed E-state index contributed by atoms with van der Waals surface area (Å²) in [6.07, 6.45) is 0. The lowest BCUT2D eigenvalue weighted by Gasteiger charge is -2.44. The van der Waals surface area contributed by atoms with E-state index in [1.54, 1.807) is 0 Å². The van der Waals surface area contributed by atoms with E-state index in [9.17, 15) is 0 Å². The van der Waals surface area contributed by atoms with Gasteiger partial charge in [-0.05, 0) is 30.1 Å². The second kappa shape index (κ2) is 4.19. The van der Waals surface area contributed by atoms with E-state index in [2.05, 4.69) is 20.8 Å². The second-order valence-electron chi connectivity index (χ2n) is 5.47. The first-order valence-electron chi connectivity index (χ1n) is 5.68. The van der Waals surface area contributed by atoms with Crippen molar-refractivity contribution in [2.75, 3.05) is 0 Å². The fraction of sp³-hybridized carbons (Fsp3) is 0.538. The molecule has 1 aliphatic rings. The molecule has 0 spiro atoms. The van der Waals surface area contributed by atoms with E-state index in [0.29, 0.717) is 6.61 Å². The average Bonchev–Trinajstić information content (AvgIpc) is 2.27. The van der Waals surface area contributed by atoms with Crippen LogP contribution in [0.25, 0.3) is 0 Å². The van der Waals surface area contributed by atoms with Gasteiger partial charge >= 0.3 is 0 Å². The lowest BCUT2D eigenvalue weighted by Crippen LogP contribution is -2.49. The summed E-state index contributed by atoms with van der Waals surface area (Å²) in [5.74, 6) is 0.309. The Kier molecular flexibility index (Phi) is 3.14. The van der Waals surface area contributed by atoms with E-state index in [1.807, 2.05) is 25.1 Å². The minimum absolute atomic E-state index is 0.0774. The van der Waals surface area contributed by atoms with Crippen LogP contribution in [0.4, 0.5) is 0 Å². The summed E-state index contributed by atoms with van der Waals surface area (Å²) in [6, 6.07) is 5.96. The van der Waals surface area contributed by atoms with E-state index in [4.69, 9.17) is 14.6 Å². The molecule has 4 heteroatoms. The summed E-state index contributed by atoms with van der Waals surface area (Å²) >= 11 is 1.24. The van der Waals surface area contributed by atoms with Crippen LogP contribution in [0.3, 0.4) is 0 Å². The quantitative estimate of drug-likeness (QED) is 0.780. The van der Waals surface area contributed by atoms with Crippen molar-refractivity contribution in [2.24, 2.45) is 10.6 Å². The van der Waals surface area contributed by atoms with Crippen molar-refractivity contribution < 1.29 is 9.47 Å². The SMILES string of the molecule is CC(C)(C)C1(C)OCc2cc(SN)ccc2O1. The van der Waals surface area contributed by atoms with Crippen molar-refractivity contribution >= 4 is 11.9 Å². The predicted molar refractivity (Wildman–Crippen MR) is 69.8 cm³/mol. The van der Waals surface area contributed by atoms with Gasteiger partial charge in [0.2, 0.25) is 5.79 Å². The number of hydrogen-bond donors (Lipinski definition) is 1. The Morgan fingerprint density at radius 1 is 1.35 bits per heavy atom. The zero-order valence-electron chi connectivity index (χ0n) is 10.7. The second-order valence-corrected chi connectivity index (χ2v) is 6.18. The molecule has 0 saturated carbocycles. The number of ether oxygens (including phenoxy) is 2. The van der Waals surface area contributed by atoms with Crippen molar-refractivity contribution in [3.8, 4) is 5.75 Å². The molecule has 0 amide bonds. The van der Waals surface area contributed by atoms with Gasteiger partial charge in [-0.3, -0.25) is 5.14 Å². The maximum absolute atomic E-state index is 6.01. The highest BCUT2D eigenvalue weighted by Gasteiger charge is 2.43. The number of fused-ring (bicyclic) bond motifs is 1. The molecule has 0 aliphatic carbocycles. The molecule has 94 valence electrons. The maximum Gasteiger partial charge on any atom is 0.212 e. The van der Waals surface area contributed by atoms with Gasteiger partial charge in [-0.1, -0.05) is 20.8 Å². The van der Waals surface area contributed by atoms with Crippen LogP contribution in [0.1, 0.15) is 33.3 Å². The first-order chi connectivity index (χ1) is 7.86. The Labute approximate surface area is 107 Å². The fourth-order valence-electron chi connectivity index (χ4n) is 1.67. The number of benzene rings is 1. The average molecular weight is 253 g/mol. The largest absolute Gasteiger partial charge is 0.462 e. The molecule has 1 heterocycles. The van der Waals surface area contributed by atoms with Crippen LogP contribution >= 0.6 is 11.9 Å². The molecule has 0 aromatic heterocycles. The molecule has 0 fully saturated rings. The Hall–Kier alpha value is -0.710. The molecule has 1 unspecified atom stereocenters. The topological polar surface area (TPSA) is 44.5 Å². The first-order valence-corrected chi connectivity index (χ1v) is 6.56. The third-order valence-electron chi connectivity index (χ3n) is 3.34. The fourth-order valence-corrected chi connectivity index (χ4v) is 2.02. The highest BCUT2D eigenvalue weighted by Crippen LogP contribution is 2.41. The molecule has 0 bridgehead atoms. The molecule has 1 atom stereocenters. The van der Waals surface area contributed by atoms with Gasteiger partial charge in [0.25, 0.3) is 0 Å². The Balaban J connectivity index is 2.31. The van der Waals surface area contributed by atoms with Gasteiger partial charge in [-0.15, -0.1) is 0 Å². The normalized spacial score (nSPS) is 24.1. The zero-order valence-corrected chi connectivity index (χ0v) is 11.6. The van der Waals surface area contributed by atoms with Crippen molar-refractivity contribution in [1.82, 2.24) is 0 Å². The zero-order chi connectivity index (χ0) is 12.7. The van der Waals surface area contributed by atoms with E-state index in [0.717, 1.165) is 16.2 Å². The summed E-state index contributed by atoms with van der Waals surface area (Å²) in [5, 5.41) is 5.54. The molecule has 2 rings (SSSR count). The number of nitrogens with two attached hydrogens (primary N) is 1. The van der Waals surface area contributed by atoms with Gasteiger partial charge in [0, 0.05) is 22.8 Å². The molecule has 0 saturated heterocycles. The molecule has 3 nitrogen and oxygen atoms in total. The van der Waals surface area contributed by atoms with E-state index >= 15 is 0 Å². The van der Waals surface area contributed by atoms with Crippen molar-refractivity contribution in [1.29, 1.82) is 0 Å². The molecular formula is C13H19NO2S. The molecule has 0 radical (unpaired) electrons. The smallest absolute Gasteiger partial charge is 0.212 e. The van der Waals surface area contributed by atoms with Gasteiger partial charge < -0.3 is 9.47 Å². The molecule has 2 N–H and O–H groups in total. The van der Waals surface area contributed by atoms with Crippen LogP contribution in [0.5, 0.6) is 5.75 Å². The third kappa shape index (κ3) is 2.30. The monoisotopic (exact) mass is 253 g/mol. The Bertz CT molecular complexity index is 428. The van der Waals surface area contributed by atoms with E-state index in [-0.39, 0.29) is 5.41 Å². The van der Waals surface area contributed by atoms with Gasteiger partial charge in [0.05, 0.1) is 6.61 Å².